The molecule has 0 aliphatic carbocycles. The SMILES string of the molecule is O=C(O)c1cnc(=O)n2c1sc1cc(Cl)ccc12. The van der Waals surface area contributed by atoms with Gasteiger partial charge in [-0.05, 0) is 18.2 Å². The van der Waals surface area contributed by atoms with E-state index in [0.717, 1.165) is 10.9 Å². The number of hydrogen-bond donors (Lipinski definition) is 1. The Hall–Kier alpha value is -1.92. The molecule has 3 aromatic rings. The van der Waals surface area contributed by atoms with Gasteiger partial charge in [-0.25, -0.2) is 19.0 Å². The molecule has 0 spiro atoms. The minimum absolute atomic E-state index is 0.00641. The molecular formula is C11H5ClN2O3S. The monoisotopic (exact) mass is 280 g/mol. The van der Waals surface area contributed by atoms with Gasteiger partial charge in [0, 0.05) is 5.02 Å². The van der Waals surface area contributed by atoms with E-state index >= 15 is 0 Å². The summed E-state index contributed by atoms with van der Waals surface area (Å²) in [6.07, 6.45) is 1.08. The van der Waals surface area contributed by atoms with Crippen LogP contribution in [0.25, 0.3) is 15.0 Å². The highest BCUT2D eigenvalue weighted by Gasteiger charge is 2.15. The number of nitrogens with zero attached hydrogens (tertiary/aromatic N) is 2. The molecule has 0 aliphatic rings. The van der Waals surface area contributed by atoms with Gasteiger partial charge in [-0.1, -0.05) is 11.6 Å². The number of carboxylic acid groups (broad SMARTS) is 1. The van der Waals surface area contributed by atoms with Crippen LogP contribution in [0, 0.1) is 0 Å². The molecule has 0 aliphatic heterocycles. The van der Waals surface area contributed by atoms with Gasteiger partial charge in [0.1, 0.15) is 10.4 Å². The number of aromatic carboxylic acids is 1. The van der Waals surface area contributed by atoms with Crippen molar-refractivity contribution in [3.63, 3.8) is 0 Å². The predicted octanol–water partition coefficient (Wildman–Crippen LogP) is 2.26. The Labute approximate surface area is 109 Å². The normalized spacial score (nSPS) is 11.2. The average Bonchev–Trinajstić information content (AvgIpc) is 2.67. The minimum atomic E-state index is -1.11. The summed E-state index contributed by atoms with van der Waals surface area (Å²) in [6.45, 7) is 0. The van der Waals surface area contributed by atoms with Crippen molar-refractivity contribution in [2.45, 2.75) is 0 Å². The highest BCUT2D eigenvalue weighted by molar-refractivity contribution is 7.24. The first-order valence-electron chi connectivity index (χ1n) is 4.91. The van der Waals surface area contributed by atoms with Gasteiger partial charge in [-0.3, -0.25) is 0 Å². The molecule has 2 heterocycles. The molecule has 18 heavy (non-hydrogen) atoms. The first-order chi connectivity index (χ1) is 8.58. The largest absolute Gasteiger partial charge is 0.478 e. The Morgan fingerprint density at radius 1 is 1.44 bits per heavy atom. The Bertz CT molecular complexity index is 852. The number of halogens is 1. The third-order valence-corrected chi connectivity index (χ3v) is 3.91. The molecule has 0 fully saturated rings. The standard InChI is InChI=1S/C11H5ClN2O3S/c12-5-1-2-7-8(3-5)18-9-6(10(15)16)4-13-11(17)14(7)9/h1-4H,(H,15,16). The first-order valence-corrected chi connectivity index (χ1v) is 6.10. The Morgan fingerprint density at radius 3 is 2.94 bits per heavy atom. The molecule has 0 radical (unpaired) electrons. The smallest absolute Gasteiger partial charge is 0.353 e. The number of carbonyl (C=O) groups is 1. The first kappa shape index (κ1) is 11.2. The molecule has 0 atom stereocenters. The quantitative estimate of drug-likeness (QED) is 0.742. The van der Waals surface area contributed by atoms with E-state index in [4.69, 9.17) is 16.7 Å². The van der Waals surface area contributed by atoms with Gasteiger partial charge in [-0.15, -0.1) is 11.3 Å². The zero-order valence-electron chi connectivity index (χ0n) is 8.75. The van der Waals surface area contributed by atoms with E-state index < -0.39 is 11.7 Å². The van der Waals surface area contributed by atoms with Gasteiger partial charge in [0.15, 0.2) is 0 Å². The summed E-state index contributed by atoms with van der Waals surface area (Å²) in [4.78, 5) is 26.8. The van der Waals surface area contributed by atoms with Gasteiger partial charge in [0.25, 0.3) is 0 Å². The molecule has 90 valence electrons. The fourth-order valence-electron chi connectivity index (χ4n) is 1.76. The van der Waals surface area contributed by atoms with Crippen LogP contribution in [-0.4, -0.2) is 20.5 Å². The zero-order valence-corrected chi connectivity index (χ0v) is 10.3. The third kappa shape index (κ3) is 1.50. The van der Waals surface area contributed by atoms with Gasteiger partial charge in [-0.2, -0.15) is 0 Å². The van der Waals surface area contributed by atoms with E-state index in [2.05, 4.69) is 4.98 Å². The van der Waals surface area contributed by atoms with Crippen LogP contribution in [0.2, 0.25) is 5.02 Å². The molecular weight excluding hydrogens is 276 g/mol. The summed E-state index contributed by atoms with van der Waals surface area (Å²) in [7, 11) is 0. The lowest BCUT2D eigenvalue weighted by atomic mass is 10.3. The summed E-state index contributed by atoms with van der Waals surface area (Å²) in [5.74, 6) is -1.11. The van der Waals surface area contributed by atoms with E-state index in [1.54, 1.807) is 18.2 Å². The van der Waals surface area contributed by atoms with E-state index in [1.807, 2.05) is 0 Å². The van der Waals surface area contributed by atoms with E-state index in [9.17, 15) is 9.59 Å². The second-order valence-electron chi connectivity index (χ2n) is 3.61. The number of benzene rings is 1. The van der Waals surface area contributed by atoms with Crippen LogP contribution >= 0.6 is 22.9 Å². The average molecular weight is 281 g/mol. The van der Waals surface area contributed by atoms with Crippen molar-refractivity contribution in [1.29, 1.82) is 0 Å². The molecule has 7 heteroatoms. The summed E-state index contributed by atoms with van der Waals surface area (Å²) in [6, 6.07) is 5.02. The van der Waals surface area contributed by atoms with Gasteiger partial charge >= 0.3 is 11.7 Å². The topological polar surface area (TPSA) is 71.7 Å². The van der Waals surface area contributed by atoms with Gasteiger partial charge < -0.3 is 5.11 Å². The Morgan fingerprint density at radius 2 is 2.22 bits per heavy atom. The van der Waals surface area contributed by atoms with E-state index in [0.29, 0.717) is 15.4 Å². The van der Waals surface area contributed by atoms with Crippen LogP contribution in [0.3, 0.4) is 0 Å². The molecule has 0 saturated heterocycles. The van der Waals surface area contributed by atoms with E-state index in [1.165, 1.54) is 15.7 Å². The highest BCUT2D eigenvalue weighted by atomic mass is 35.5. The molecule has 0 amide bonds. The number of hydrogen-bond acceptors (Lipinski definition) is 4. The van der Waals surface area contributed by atoms with Crippen molar-refractivity contribution in [3.05, 3.63) is 45.5 Å². The van der Waals surface area contributed by atoms with Crippen molar-refractivity contribution < 1.29 is 9.90 Å². The van der Waals surface area contributed by atoms with Crippen LogP contribution in [0.15, 0.2) is 29.2 Å². The molecule has 5 nitrogen and oxygen atoms in total. The number of fused-ring (bicyclic) bond motifs is 3. The summed E-state index contributed by atoms with van der Waals surface area (Å²) in [5, 5.41) is 9.61. The van der Waals surface area contributed by atoms with Crippen molar-refractivity contribution in [1.82, 2.24) is 9.38 Å². The van der Waals surface area contributed by atoms with Crippen LogP contribution in [0.4, 0.5) is 0 Å². The van der Waals surface area contributed by atoms with Crippen molar-refractivity contribution in [2.75, 3.05) is 0 Å². The van der Waals surface area contributed by atoms with Crippen LogP contribution in [0.1, 0.15) is 10.4 Å². The second-order valence-corrected chi connectivity index (χ2v) is 5.08. The maximum Gasteiger partial charge on any atom is 0.353 e. The summed E-state index contributed by atoms with van der Waals surface area (Å²) in [5.41, 5.74) is 0.121. The fourth-order valence-corrected chi connectivity index (χ4v) is 3.17. The molecule has 1 aromatic carbocycles. The number of rotatable bonds is 1. The second kappa shape index (κ2) is 3.79. The maximum atomic E-state index is 11.7. The molecule has 1 N–H and O–H groups in total. The highest BCUT2D eigenvalue weighted by Crippen LogP contribution is 2.29. The summed E-state index contributed by atoms with van der Waals surface area (Å²) < 4.78 is 2.04. The van der Waals surface area contributed by atoms with Gasteiger partial charge in [0.2, 0.25) is 0 Å². The minimum Gasteiger partial charge on any atom is -0.478 e. The fraction of sp³-hybridized carbons (Fsp3) is 0. The molecule has 3 rings (SSSR count). The van der Waals surface area contributed by atoms with Gasteiger partial charge in [0.05, 0.1) is 16.4 Å². The Kier molecular flexibility index (Phi) is 2.36. The van der Waals surface area contributed by atoms with Crippen molar-refractivity contribution in [2.24, 2.45) is 0 Å². The number of carboxylic acids is 1. The Balaban J connectivity index is 2.60. The van der Waals surface area contributed by atoms with E-state index in [-0.39, 0.29) is 5.56 Å². The van der Waals surface area contributed by atoms with Crippen LogP contribution < -0.4 is 5.69 Å². The number of aromatic nitrogens is 2. The van der Waals surface area contributed by atoms with Crippen LogP contribution in [0.5, 0.6) is 0 Å². The third-order valence-electron chi connectivity index (χ3n) is 2.53. The van der Waals surface area contributed by atoms with Crippen molar-refractivity contribution in [3.8, 4) is 0 Å². The lowest BCUT2D eigenvalue weighted by molar-refractivity contribution is 0.0698. The zero-order chi connectivity index (χ0) is 12.9. The van der Waals surface area contributed by atoms with Crippen molar-refractivity contribution >= 4 is 44.0 Å². The molecule has 2 aromatic heterocycles. The lowest BCUT2D eigenvalue weighted by Crippen LogP contribution is -2.17. The molecule has 0 bridgehead atoms. The molecule has 0 unspecified atom stereocenters. The lowest BCUT2D eigenvalue weighted by Gasteiger charge is -1.97. The molecule has 0 saturated carbocycles. The summed E-state index contributed by atoms with van der Waals surface area (Å²) >= 11 is 7.08. The van der Waals surface area contributed by atoms with Crippen LogP contribution in [-0.2, 0) is 0 Å². The predicted molar refractivity (Wildman–Crippen MR) is 68.8 cm³/mol. The number of thiazole rings is 1. The maximum absolute atomic E-state index is 11.7.